The van der Waals surface area contributed by atoms with E-state index in [4.69, 9.17) is 9.47 Å². The summed E-state index contributed by atoms with van der Waals surface area (Å²) in [7, 11) is 0. The van der Waals surface area contributed by atoms with Gasteiger partial charge in [0.2, 0.25) is 12.7 Å². The predicted octanol–water partition coefficient (Wildman–Crippen LogP) is 3.44. The van der Waals surface area contributed by atoms with Gasteiger partial charge < -0.3 is 14.8 Å². The van der Waals surface area contributed by atoms with Crippen LogP contribution >= 0.6 is 0 Å². The average molecular weight is 299 g/mol. The predicted molar refractivity (Wildman–Crippen MR) is 85.8 cm³/mol. The Bertz CT molecular complexity index is 604. The Morgan fingerprint density at radius 1 is 1.23 bits per heavy atom. The molecule has 22 heavy (non-hydrogen) atoms. The molecule has 3 rings (SSSR count). The summed E-state index contributed by atoms with van der Waals surface area (Å²) in [6, 6.07) is 5.64. The zero-order chi connectivity index (χ0) is 15.2. The summed E-state index contributed by atoms with van der Waals surface area (Å²) in [6.07, 6.45) is 11.6. The molecule has 4 nitrogen and oxygen atoms in total. The molecule has 116 valence electrons. The highest BCUT2D eigenvalue weighted by molar-refractivity contribution is 5.91. The van der Waals surface area contributed by atoms with Gasteiger partial charge in [-0.05, 0) is 55.9 Å². The summed E-state index contributed by atoms with van der Waals surface area (Å²) in [5.41, 5.74) is 2.40. The first-order valence-electron chi connectivity index (χ1n) is 7.85. The van der Waals surface area contributed by atoms with Crippen LogP contribution in [-0.4, -0.2) is 19.2 Å². The Labute approximate surface area is 130 Å². The fourth-order valence-electron chi connectivity index (χ4n) is 2.73. The molecule has 1 aromatic carbocycles. The van der Waals surface area contributed by atoms with Crippen molar-refractivity contribution in [3.05, 3.63) is 41.5 Å². The summed E-state index contributed by atoms with van der Waals surface area (Å²) in [4.78, 5) is 11.8. The number of amides is 1. The molecular formula is C18H21NO3. The Hall–Kier alpha value is -2.23. The van der Waals surface area contributed by atoms with Gasteiger partial charge in [0.15, 0.2) is 11.5 Å². The molecule has 0 spiro atoms. The number of hydrogen-bond acceptors (Lipinski definition) is 3. The molecule has 1 aromatic rings. The van der Waals surface area contributed by atoms with E-state index in [0.717, 1.165) is 23.5 Å². The maximum Gasteiger partial charge on any atom is 0.244 e. The van der Waals surface area contributed by atoms with Crippen molar-refractivity contribution in [2.24, 2.45) is 0 Å². The van der Waals surface area contributed by atoms with Crippen molar-refractivity contribution in [3.8, 4) is 11.5 Å². The third-order valence-electron chi connectivity index (χ3n) is 3.95. The first-order chi connectivity index (χ1) is 10.8. The normalized spacial score (nSPS) is 16.6. The number of benzene rings is 1. The van der Waals surface area contributed by atoms with E-state index in [-0.39, 0.29) is 12.7 Å². The van der Waals surface area contributed by atoms with E-state index in [1.165, 1.54) is 31.3 Å². The molecule has 0 aromatic heterocycles. The summed E-state index contributed by atoms with van der Waals surface area (Å²) < 4.78 is 10.6. The van der Waals surface area contributed by atoms with Crippen LogP contribution in [0.3, 0.4) is 0 Å². The molecule has 0 fully saturated rings. The second-order valence-electron chi connectivity index (χ2n) is 5.60. The van der Waals surface area contributed by atoms with Crippen LogP contribution in [0.5, 0.6) is 11.5 Å². The van der Waals surface area contributed by atoms with Crippen LogP contribution in [0.1, 0.15) is 37.7 Å². The van der Waals surface area contributed by atoms with Gasteiger partial charge in [-0.1, -0.05) is 17.7 Å². The number of allylic oxidation sites excluding steroid dienone is 1. The van der Waals surface area contributed by atoms with Crippen molar-refractivity contribution < 1.29 is 14.3 Å². The third-order valence-corrected chi connectivity index (χ3v) is 3.95. The Kier molecular flexibility index (Phi) is 4.78. The van der Waals surface area contributed by atoms with Crippen LogP contribution in [-0.2, 0) is 4.79 Å². The van der Waals surface area contributed by atoms with Gasteiger partial charge in [0, 0.05) is 12.6 Å². The number of carbonyl (C=O) groups is 1. The molecule has 1 aliphatic carbocycles. The van der Waals surface area contributed by atoms with Crippen LogP contribution in [0.4, 0.5) is 0 Å². The van der Waals surface area contributed by atoms with Crippen molar-refractivity contribution in [1.82, 2.24) is 5.32 Å². The van der Waals surface area contributed by atoms with Crippen LogP contribution in [0, 0.1) is 0 Å². The van der Waals surface area contributed by atoms with Gasteiger partial charge in [-0.3, -0.25) is 4.79 Å². The lowest BCUT2D eigenvalue weighted by molar-refractivity contribution is -0.116. The van der Waals surface area contributed by atoms with Crippen LogP contribution < -0.4 is 14.8 Å². The van der Waals surface area contributed by atoms with Crippen molar-refractivity contribution in [3.63, 3.8) is 0 Å². The van der Waals surface area contributed by atoms with E-state index in [1.807, 2.05) is 18.2 Å². The highest BCUT2D eigenvalue weighted by Gasteiger charge is 2.12. The van der Waals surface area contributed by atoms with Gasteiger partial charge in [0.05, 0.1) is 0 Å². The largest absolute Gasteiger partial charge is 0.454 e. The second-order valence-corrected chi connectivity index (χ2v) is 5.60. The zero-order valence-corrected chi connectivity index (χ0v) is 12.6. The summed E-state index contributed by atoms with van der Waals surface area (Å²) in [6.45, 7) is 0.967. The SMILES string of the molecule is O=C(/C=C/c1ccc2c(c1)OCO2)NCCC1=CCCCC1. The van der Waals surface area contributed by atoms with Crippen LogP contribution in [0.25, 0.3) is 6.08 Å². The fourth-order valence-corrected chi connectivity index (χ4v) is 2.73. The van der Waals surface area contributed by atoms with Gasteiger partial charge in [-0.2, -0.15) is 0 Å². The minimum Gasteiger partial charge on any atom is -0.454 e. The van der Waals surface area contributed by atoms with Crippen molar-refractivity contribution >= 4 is 12.0 Å². The first kappa shape index (κ1) is 14.7. The lowest BCUT2D eigenvalue weighted by Gasteiger charge is -2.12. The highest BCUT2D eigenvalue weighted by atomic mass is 16.7. The van der Waals surface area contributed by atoms with Crippen LogP contribution in [0.15, 0.2) is 35.9 Å². The first-order valence-corrected chi connectivity index (χ1v) is 7.85. The molecule has 0 bridgehead atoms. The average Bonchev–Trinajstić information content (AvgIpc) is 3.01. The number of rotatable bonds is 5. The zero-order valence-electron chi connectivity index (χ0n) is 12.6. The molecule has 1 heterocycles. The maximum atomic E-state index is 11.8. The Morgan fingerprint density at radius 3 is 3.00 bits per heavy atom. The van der Waals surface area contributed by atoms with Crippen molar-refractivity contribution in [2.75, 3.05) is 13.3 Å². The van der Waals surface area contributed by atoms with Gasteiger partial charge in [0.1, 0.15) is 0 Å². The van der Waals surface area contributed by atoms with Crippen molar-refractivity contribution in [1.29, 1.82) is 0 Å². The molecule has 0 saturated heterocycles. The molecule has 0 radical (unpaired) electrons. The Balaban J connectivity index is 1.46. The number of ether oxygens (including phenoxy) is 2. The summed E-state index contributed by atoms with van der Waals surface area (Å²) in [5.74, 6) is 1.42. The monoisotopic (exact) mass is 299 g/mol. The third kappa shape index (κ3) is 3.91. The van der Waals surface area contributed by atoms with Crippen LogP contribution in [0.2, 0.25) is 0 Å². The molecule has 1 aliphatic heterocycles. The number of carbonyl (C=O) groups excluding carboxylic acids is 1. The van der Waals surface area contributed by atoms with Gasteiger partial charge in [-0.15, -0.1) is 0 Å². The number of fused-ring (bicyclic) bond motifs is 1. The minimum atomic E-state index is -0.0610. The van der Waals surface area contributed by atoms with Gasteiger partial charge >= 0.3 is 0 Å². The van der Waals surface area contributed by atoms with E-state index in [0.29, 0.717) is 6.54 Å². The lowest BCUT2D eigenvalue weighted by atomic mass is 9.97. The smallest absolute Gasteiger partial charge is 0.244 e. The van der Waals surface area contributed by atoms with Gasteiger partial charge in [-0.25, -0.2) is 0 Å². The quantitative estimate of drug-likeness (QED) is 0.669. The standard InChI is InChI=1S/C18H21NO3/c20-18(19-11-10-14-4-2-1-3-5-14)9-7-15-6-8-16-17(12-15)22-13-21-16/h4,6-9,12H,1-3,5,10-11,13H2,(H,19,20)/b9-7+. The lowest BCUT2D eigenvalue weighted by Crippen LogP contribution is -2.22. The second kappa shape index (κ2) is 7.16. The number of nitrogens with one attached hydrogen (secondary N) is 1. The minimum absolute atomic E-state index is 0.0610. The molecule has 0 unspecified atom stereocenters. The summed E-state index contributed by atoms with van der Waals surface area (Å²) >= 11 is 0. The molecule has 1 N–H and O–H groups in total. The fraction of sp³-hybridized carbons (Fsp3) is 0.389. The maximum absolute atomic E-state index is 11.8. The molecular weight excluding hydrogens is 278 g/mol. The highest BCUT2D eigenvalue weighted by Crippen LogP contribution is 2.32. The van der Waals surface area contributed by atoms with Crippen molar-refractivity contribution in [2.45, 2.75) is 32.1 Å². The Morgan fingerprint density at radius 2 is 2.14 bits per heavy atom. The molecule has 4 heteroatoms. The van der Waals surface area contributed by atoms with E-state index in [9.17, 15) is 4.79 Å². The molecule has 2 aliphatic rings. The summed E-state index contributed by atoms with van der Waals surface area (Å²) in [5, 5.41) is 2.93. The molecule has 1 amide bonds. The van der Waals surface area contributed by atoms with E-state index in [2.05, 4.69) is 11.4 Å². The van der Waals surface area contributed by atoms with E-state index >= 15 is 0 Å². The number of hydrogen-bond donors (Lipinski definition) is 1. The topological polar surface area (TPSA) is 47.6 Å². The van der Waals surface area contributed by atoms with Gasteiger partial charge in [0.25, 0.3) is 0 Å². The molecule has 0 atom stereocenters. The van der Waals surface area contributed by atoms with E-state index < -0.39 is 0 Å². The molecule has 0 saturated carbocycles. The van der Waals surface area contributed by atoms with E-state index in [1.54, 1.807) is 12.2 Å².